The molecule has 8 heteroatoms. The van der Waals surface area contributed by atoms with Gasteiger partial charge in [-0.05, 0) is 49.4 Å². The Balaban J connectivity index is 1.90. The lowest BCUT2D eigenvalue weighted by molar-refractivity contribution is 0.340. The Morgan fingerprint density at radius 3 is 2.58 bits per heavy atom. The van der Waals surface area contributed by atoms with Gasteiger partial charge in [-0.2, -0.15) is 5.10 Å². The Morgan fingerprint density at radius 1 is 1.12 bits per heavy atom. The van der Waals surface area contributed by atoms with Gasteiger partial charge in [-0.25, -0.2) is 18.1 Å². The lowest BCUT2D eigenvalue weighted by Crippen LogP contribution is -2.15. The molecule has 3 aromatic rings. The molecule has 0 fully saturated rings. The second-order valence-corrected chi connectivity index (χ2v) is 6.52. The second-order valence-electron chi connectivity index (χ2n) is 4.84. The van der Waals surface area contributed by atoms with E-state index in [4.69, 9.17) is 4.74 Å². The van der Waals surface area contributed by atoms with Crippen LogP contribution in [0, 0.1) is 0 Å². The summed E-state index contributed by atoms with van der Waals surface area (Å²) in [6, 6.07) is 11.3. The molecule has 7 nitrogen and oxygen atoms in total. The van der Waals surface area contributed by atoms with E-state index in [-0.39, 0.29) is 4.90 Å². The summed E-state index contributed by atoms with van der Waals surface area (Å²) in [7, 11) is -3.75. The molecule has 3 rings (SSSR count). The minimum Gasteiger partial charge on any atom is -0.494 e. The Hall–Kier alpha value is -2.87. The van der Waals surface area contributed by atoms with E-state index in [1.165, 1.54) is 16.8 Å². The van der Waals surface area contributed by atoms with Crippen molar-refractivity contribution >= 4 is 15.7 Å². The van der Waals surface area contributed by atoms with Crippen LogP contribution in [0.3, 0.4) is 0 Å². The van der Waals surface area contributed by atoms with Crippen LogP contribution in [-0.4, -0.2) is 29.8 Å². The summed E-state index contributed by atoms with van der Waals surface area (Å²) in [5.41, 5.74) is 0.343. The zero-order valence-electron chi connectivity index (χ0n) is 13.0. The molecule has 0 spiro atoms. The minimum atomic E-state index is -3.75. The number of hydrogen-bond acceptors (Lipinski definition) is 5. The molecule has 124 valence electrons. The number of ether oxygens (including phenoxy) is 1. The van der Waals surface area contributed by atoms with Crippen molar-refractivity contribution < 1.29 is 13.2 Å². The number of nitrogens with zero attached hydrogens (tertiary/aromatic N) is 3. The monoisotopic (exact) mass is 344 g/mol. The SMILES string of the molecule is CCOc1ccc(S(=O)(=O)Nc2cccnc2-n2cccn2)cc1. The van der Waals surface area contributed by atoms with E-state index in [9.17, 15) is 8.42 Å². The number of nitrogens with one attached hydrogen (secondary N) is 1. The van der Waals surface area contributed by atoms with Crippen molar-refractivity contribution in [2.24, 2.45) is 0 Å². The first-order valence-electron chi connectivity index (χ1n) is 7.31. The smallest absolute Gasteiger partial charge is 0.262 e. The number of benzene rings is 1. The van der Waals surface area contributed by atoms with Crippen LogP contribution in [0.15, 0.2) is 66.0 Å². The van der Waals surface area contributed by atoms with Gasteiger partial charge in [-0.3, -0.25) is 4.72 Å². The van der Waals surface area contributed by atoms with E-state index in [0.717, 1.165) is 0 Å². The van der Waals surface area contributed by atoms with Crippen LogP contribution in [0.25, 0.3) is 5.82 Å². The average molecular weight is 344 g/mol. The molecule has 2 aromatic heterocycles. The van der Waals surface area contributed by atoms with Crippen LogP contribution >= 0.6 is 0 Å². The van der Waals surface area contributed by atoms with Crippen LogP contribution in [0.2, 0.25) is 0 Å². The highest BCUT2D eigenvalue weighted by Crippen LogP contribution is 2.22. The van der Waals surface area contributed by atoms with Crippen molar-refractivity contribution in [1.82, 2.24) is 14.8 Å². The van der Waals surface area contributed by atoms with E-state index < -0.39 is 10.0 Å². The van der Waals surface area contributed by atoms with Crippen molar-refractivity contribution in [3.05, 3.63) is 61.1 Å². The molecule has 2 heterocycles. The Morgan fingerprint density at radius 2 is 1.92 bits per heavy atom. The van der Waals surface area contributed by atoms with Crippen LogP contribution in [-0.2, 0) is 10.0 Å². The van der Waals surface area contributed by atoms with Crippen LogP contribution < -0.4 is 9.46 Å². The van der Waals surface area contributed by atoms with Gasteiger partial charge >= 0.3 is 0 Å². The zero-order chi connectivity index (χ0) is 17.0. The molecule has 0 aliphatic rings. The molecule has 0 amide bonds. The average Bonchev–Trinajstić information content (AvgIpc) is 3.10. The van der Waals surface area contributed by atoms with Gasteiger partial charge in [0.2, 0.25) is 0 Å². The highest BCUT2D eigenvalue weighted by Gasteiger charge is 2.17. The third-order valence-corrected chi connectivity index (χ3v) is 4.58. The molecule has 0 saturated carbocycles. The molecule has 0 bridgehead atoms. The molecule has 0 aliphatic heterocycles. The molecule has 24 heavy (non-hydrogen) atoms. The molecule has 1 aromatic carbocycles. The molecule has 0 saturated heterocycles. The van der Waals surface area contributed by atoms with Crippen molar-refractivity contribution in [3.8, 4) is 11.6 Å². The van der Waals surface area contributed by atoms with E-state index in [1.54, 1.807) is 48.9 Å². The topological polar surface area (TPSA) is 86.1 Å². The van der Waals surface area contributed by atoms with Gasteiger partial charge in [-0.1, -0.05) is 0 Å². The standard InChI is InChI=1S/C16H16N4O3S/c1-2-23-13-6-8-14(9-7-13)24(21,22)19-15-5-3-10-17-16(15)20-12-4-11-18-20/h3-12,19H,2H2,1H3. The Bertz CT molecular complexity index is 907. The predicted octanol–water partition coefficient (Wildman–Crippen LogP) is 2.47. The third kappa shape index (κ3) is 3.38. The van der Waals surface area contributed by atoms with Crippen LogP contribution in [0.4, 0.5) is 5.69 Å². The first-order valence-corrected chi connectivity index (χ1v) is 8.79. The summed E-state index contributed by atoms with van der Waals surface area (Å²) in [6.45, 7) is 2.39. The fourth-order valence-corrected chi connectivity index (χ4v) is 3.20. The summed E-state index contributed by atoms with van der Waals surface area (Å²) < 4.78 is 34.5. The molecule has 1 N–H and O–H groups in total. The summed E-state index contributed by atoms with van der Waals surface area (Å²) >= 11 is 0. The summed E-state index contributed by atoms with van der Waals surface area (Å²) in [5.74, 6) is 1.02. The largest absolute Gasteiger partial charge is 0.494 e. The van der Waals surface area contributed by atoms with Crippen molar-refractivity contribution in [2.45, 2.75) is 11.8 Å². The number of pyridine rings is 1. The first kappa shape index (κ1) is 16.0. The maximum Gasteiger partial charge on any atom is 0.262 e. The summed E-state index contributed by atoms with van der Waals surface area (Å²) in [6.07, 6.45) is 4.86. The fourth-order valence-electron chi connectivity index (χ4n) is 2.14. The van der Waals surface area contributed by atoms with Crippen molar-refractivity contribution in [2.75, 3.05) is 11.3 Å². The number of hydrogen-bond donors (Lipinski definition) is 1. The van der Waals surface area contributed by atoms with Crippen molar-refractivity contribution in [1.29, 1.82) is 0 Å². The van der Waals surface area contributed by atoms with Gasteiger partial charge in [0.05, 0.1) is 17.2 Å². The Kier molecular flexibility index (Phi) is 4.48. The second kappa shape index (κ2) is 6.71. The van der Waals surface area contributed by atoms with Gasteiger partial charge in [0.15, 0.2) is 5.82 Å². The van der Waals surface area contributed by atoms with Gasteiger partial charge in [-0.15, -0.1) is 0 Å². The summed E-state index contributed by atoms with van der Waals surface area (Å²) in [5, 5.41) is 4.08. The minimum absolute atomic E-state index is 0.140. The number of anilines is 1. The third-order valence-electron chi connectivity index (χ3n) is 3.20. The number of sulfonamides is 1. The number of rotatable bonds is 6. The molecular weight excluding hydrogens is 328 g/mol. The van der Waals surface area contributed by atoms with Gasteiger partial charge < -0.3 is 4.74 Å². The molecule has 0 atom stereocenters. The van der Waals surface area contributed by atoms with Crippen LogP contribution in [0.1, 0.15) is 6.92 Å². The maximum absolute atomic E-state index is 12.6. The predicted molar refractivity (Wildman–Crippen MR) is 89.8 cm³/mol. The van der Waals surface area contributed by atoms with Gasteiger partial charge in [0.1, 0.15) is 5.75 Å². The number of aromatic nitrogens is 3. The van der Waals surface area contributed by atoms with E-state index >= 15 is 0 Å². The highest BCUT2D eigenvalue weighted by atomic mass is 32.2. The van der Waals surface area contributed by atoms with Gasteiger partial charge in [0, 0.05) is 18.6 Å². The zero-order valence-corrected chi connectivity index (χ0v) is 13.8. The highest BCUT2D eigenvalue weighted by molar-refractivity contribution is 7.92. The fraction of sp³-hybridized carbons (Fsp3) is 0.125. The quantitative estimate of drug-likeness (QED) is 0.742. The lowest BCUT2D eigenvalue weighted by Gasteiger charge is -2.12. The Labute approximate surface area is 140 Å². The van der Waals surface area contributed by atoms with E-state index in [2.05, 4.69) is 14.8 Å². The lowest BCUT2D eigenvalue weighted by atomic mass is 10.3. The molecular formula is C16H16N4O3S. The van der Waals surface area contributed by atoms with E-state index in [0.29, 0.717) is 23.9 Å². The van der Waals surface area contributed by atoms with Gasteiger partial charge in [0.25, 0.3) is 10.0 Å². The van der Waals surface area contributed by atoms with Crippen LogP contribution in [0.5, 0.6) is 5.75 Å². The molecule has 0 unspecified atom stereocenters. The van der Waals surface area contributed by atoms with Crippen molar-refractivity contribution in [3.63, 3.8) is 0 Å². The summed E-state index contributed by atoms with van der Waals surface area (Å²) in [4.78, 5) is 4.33. The molecule has 0 aliphatic carbocycles. The maximum atomic E-state index is 12.6. The van der Waals surface area contributed by atoms with E-state index in [1.807, 2.05) is 6.92 Å². The normalized spacial score (nSPS) is 11.2. The first-order chi connectivity index (χ1) is 11.6. The molecule has 0 radical (unpaired) electrons.